The highest BCUT2D eigenvalue weighted by Gasteiger charge is 1.95. The normalized spacial score (nSPS) is 7.83. The van der Waals surface area contributed by atoms with Gasteiger partial charge in [0.2, 0.25) is 0 Å². The molecular weight excluding hydrogens is 178 g/mol. The summed E-state index contributed by atoms with van der Waals surface area (Å²) >= 11 is 5.81. The SMILES string of the molecule is Bc1ccc(OC)cc1Cl.O.O. The van der Waals surface area contributed by atoms with Crippen molar-refractivity contribution >= 4 is 24.9 Å². The first-order valence-corrected chi connectivity index (χ1v) is 3.42. The standard InChI is InChI=1S/C7H8BClO.2H2O/c1-10-5-2-3-6(8)7(9)4-5;;/h2-4H,8H2,1H3;2*1H2. The van der Waals surface area contributed by atoms with Gasteiger partial charge in [0.1, 0.15) is 13.6 Å². The molecule has 0 spiro atoms. The fourth-order valence-electron chi connectivity index (χ4n) is 0.701. The molecule has 0 aliphatic heterocycles. The van der Waals surface area contributed by atoms with Crippen LogP contribution in [0.5, 0.6) is 5.75 Å². The Labute approximate surface area is 77.3 Å². The van der Waals surface area contributed by atoms with E-state index in [1.54, 1.807) is 13.2 Å². The molecule has 0 atom stereocenters. The van der Waals surface area contributed by atoms with Crippen molar-refractivity contribution < 1.29 is 15.7 Å². The highest BCUT2D eigenvalue weighted by Crippen LogP contribution is 2.13. The second-order valence-corrected chi connectivity index (χ2v) is 2.52. The molecule has 1 aromatic carbocycles. The molecule has 0 amide bonds. The molecule has 1 aromatic rings. The zero-order chi connectivity index (χ0) is 7.56. The van der Waals surface area contributed by atoms with Crippen molar-refractivity contribution in [1.82, 2.24) is 0 Å². The zero-order valence-corrected chi connectivity index (χ0v) is 7.77. The topological polar surface area (TPSA) is 72.2 Å². The van der Waals surface area contributed by atoms with Crippen LogP contribution in [0.25, 0.3) is 0 Å². The summed E-state index contributed by atoms with van der Waals surface area (Å²) in [6, 6.07) is 5.62. The van der Waals surface area contributed by atoms with Crippen molar-refractivity contribution in [1.29, 1.82) is 0 Å². The van der Waals surface area contributed by atoms with Crippen molar-refractivity contribution in [3.63, 3.8) is 0 Å². The third kappa shape index (κ3) is 3.13. The highest BCUT2D eigenvalue weighted by atomic mass is 35.5. The zero-order valence-electron chi connectivity index (χ0n) is 7.02. The molecule has 0 radical (unpaired) electrons. The molecule has 0 aliphatic rings. The second-order valence-electron chi connectivity index (χ2n) is 2.12. The summed E-state index contributed by atoms with van der Waals surface area (Å²) in [7, 11) is 3.59. The van der Waals surface area contributed by atoms with Crippen molar-refractivity contribution in [2.45, 2.75) is 0 Å². The lowest BCUT2D eigenvalue weighted by Gasteiger charge is -2.00. The maximum Gasteiger partial charge on any atom is 0.141 e. The largest absolute Gasteiger partial charge is 0.497 e. The third-order valence-corrected chi connectivity index (χ3v) is 1.79. The summed E-state index contributed by atoms with van der Waals surface area (Å²) in [6.45, 7) is 0. The molecule has 1 rings (SSSR count). The number of halogens is 1. The summed E-state index contributed by atoms with van der Waals surface area (Å²) in [6.07, 6.45) is 0. The van der Waals surface area contributed by atoms with Gasteiger partial charge in [-0.15, -0.1) is 0 Å². The average Bonchev–Trinajstić information content (AvgIpc) is 1.95. The van der Waals surface area contributed by atoms with E-state index >= 15 is 0 Å². The number of ether oxygens (including phenoxy) is 1. The van der Waals surface area contributed by atoms with Gasteiger partial charge in [-0.2, -0.15) is 0 Å². The summed E-state index contributed by atoms with van der Waals surface area (Å²) in [5, 5.41) is 0.749. The van der Waals surface area contributed by atoms with Gasteiger partial charge in [0.05, 0.1) is 7.11 Å². The van der Waals surface area contributed by atoms with Gasteiger partial charge in [0.15, 0.2) is 0 Å². The van der Waals surface area contributed by atoms with E-state index in [2.05, 4.69) is 0 Å². The van der Waals surface area contributed by atoms with Gasteiger partial charge in [-0.25, -0.2) is 0 Å². The Bertz CT molecular complexity index is 242. The quantitative estimate of drug-likeness (QED) is 0.521. The molecule has 5 heteroatoms. The maximum absolute atomic E-state index is 5.81. The summed E-state index contributed by atoms with van der Waals surface area (Å²) in [5.74, 6) is 0.801. The number of rotatable bonds is 1. The fraction of sp³-hybridized carbons (Fsp3) is 0.143. The summed E-state index contributed by atoms with van der Waals surface area (Å²) in [4.78, 5) is 0. The van der Waals surface area contributed by atoms with Crippen LogP contribution in [0.15, 0.2) is 18.2 Å². The number of benzene rings is 1. The Morgan fingerprint density at radius 3 is 2.33 bits per heavy atom. The van der Waals surface area contributed by atoms with Gasteiger partial charge in [-0.3, -0.25) is 0 Å². The van der Waals surface area contributed by atoms with Gasteiger partial charge in [-0.05, 0) is 12.1 Å². The number of methoxy groups -OCH3 is 1. The van der Waals surface area contributed by atoms with Crippen LogP contribution in [-0.4, -0.2) is 25.9 Å². The summed E-state index contributed by atoms with van der Waals surface area (Å²) in [5.41, 5.74) is 1.07. The maximum atomic E-state index is 5.81. The van der Waals surface area contributed by atoms with Gasteiger partial charge < -0.3 is 15.7 Å². The predicted molar refractivity (Wildman–Crippen MR) is 53.4 cm³/mol. The molecule has 0 heterocycles. The smallest absolute Gasteiger partial charge is 0.141 e. The average molecular weight is 190 g/mol. The fourth-order valence-corrected chi connectivity index (χ4v) is 0.871. The van der Waals surface area contributed by atoms with E-state index in [1.165, 1.54) is 0 Å². The van der Waals surface area contributed by atoms with E-state index < -0.39 is 0 Å². The van der Waals surface area contributed by atoms with Gasteiger partial charge in [0.25, 0.3) is 0 Å². The predicted octanol–water partition coefficient (Wildman–Crippen LogP) is -1.04. The van der Waals surface area contributed by atoms with Crippen molar-refractivity contribution in [2.75, 3.05) is 7.11 Å². The van der Waals surface area contributed by atoms with Crippen LogP contribution < -0.4 is 10.2 Å². The Morgan fingerprint density at radius 1 is 1.33 bits per heavy atom. The van der Waals surface area contributed by atoms with Gasteiger partial charge in [0, 0.05) is 5.02 Å². The molecule has 0 aliphatic carbocycles. The van der Waals surface area contributed by atoms with Crippen molar-refractivity contribution in [2.24, 2.45) is 0 Å². The van der Waals surface area contributed by atoms with Crippen LogP contribution in [0.2, 0.25) is 5.02 Å². The van der Waals surface area contributed by atoms with Crippen LogP contribution in [0.3, 0.4) is 0 Å². The third-order valence-electron chi connectivity index (χ3n) is 1.38. The molecule has 3 nitrogen and oxygen atoms in total. The minimum Gasteiger partial charge on any atom is -0.497 e. The first-order chi connectivity index (χ1) is 4.74. The second kappa shape index (κ2) is 5.88. The minimum absolute atomic E-state index is 0. The highest BCUT2D eigenvalue weighted by molar-refractivity contribution is 6.45. The molecule has 0 aromatic heterocycles. The minimum atomic E-state index is 0. The lowest BCUT2D eigenvalue weighted by molar-refractivity contribution is 0.415. The molecule has 0 bridgehead atoms. The molecule has 0 unspecified atom stereocenters. The van der Waals surface area contributed by atoms with Gasteiger partial charge >= 0.3 is 0 Å². The monoisotopic (exact) mass is 190 g/mol. The van der Waals surface area contributed by atoms with Crippen molar-refractivity contribution in [3.8, 4) is 5.75 Å². The van der Waals surface area contributed by atoms with E-state index in [0.29, 0.717) is 0 Å². The molecule has 12 heavy (non-hydrogen) atoms. The Kier molecular flexibility index (Phi) is 6.79. The molecule has 0 fully saturated rings. The molecule has 0 saturated carbocycles. The van der Waals surface area contributed by atoms with Crippen LogP contribution in [0.1, 0.15) is 0 Å². The lowest BCUT2D eigenvalue weighted by atomic mass is 9.96. The molecule has 4 N–H and O–H groups in total. The Morgan fingerprint density at radius 2 is 1.92 bits per heavy atom. The molecule has 68 valence electrons. The van der Waals surface area contributed by atoms with E-state index in [4.69, 9.17) is 16.3 Å². The Balaban J connectivity index is 0. The Hall–Kier alpha value is -0.705. The van der Waals surface area contributed by atoms with E-state index in [9.17, 15) is 0 Å². The molecule has 0 saturated heterocycles. The van der Waals surface area contributed by atoms with Crippen LogP contribution >= 0.6 is 11.6 Å². The molecular formula is C7H12BClO3. The van der Waals surface area contributed by atoms with E-state index in [0.717, 1.165) is 16.2 Å². The first kappa shape index (κ1) is 13.9. The van der Waals surface area contributed by atoms with E-state index in [-0.39, 0.29) is 11.0 Å². The first-order valence-electron chi connectivity index (χ1n) is 3.04. The van der Waals surface area contributed by atoms with Crippen LogP contribution in [0.4, 0.5) is 0 Å². The van der Waals surface area contributed by atoms with Crippen LogP contribution in [0, 0.1) is 0 Å². The number of hydrogen-bond acceptors (Lipinski definition) is 1. The number of hydrogen-bond donors (Lipinski definition) is 0. The van der Waals surface area contributed by atoms with Crippen molar-refractivity contribution in [3.05, 3.63) is 23.2 Å². The van der Waals surface area contributed by atoms with Crippen LogP contribution in [-0.2, 0) is 0 Å². The summed E-state index contributed by atoms with van der Waals surface area (Å²) < 4.78 is 4.97. The van der Waals surface area contributed by atoms with Gasteiger partial charge in [-0.1, -0.05) is 23.1 Å². The lowest BCUT2D eigenvalue weighted by Crippen LogP contribution is -2.02. The van der Waals surface area contributed by atoms with E-state index in [1.807, 2.05) is 20.0 Å².